The number of primary amides is 1. The number of carbonyl (C=O) groups excluding carboxylic acids is 1. The third-order valence-corrected chi connectivity index (χ3v) is 2.26. The van der Waals surface area contributed by atoms with Gasteiger partial charge in [0.05, 0.1) is 9.85 Å². The lowest BCUT2D eigenvalue weighted by Crippen LogP contribution is -2.15. The molecule has 0 spiro atoms. The summed E-state index contributed by atoms with van der Waals surface area (Å²) in [6.07, 6.45) is 0.0632. The summed E-state index contributed by atoms with van der Waals surface area (Å²) in [5, 5.41) is 21.6. The number of nitrogens with zero attached hydrogens (tertiary/aromatic N) is 2. The summed E-state index contributed by atoms with van der Waals surface area (Å²) in [6.45, 7) is 1.53. The van der Waals surface area contributed by atoms with Crippen LogP contribution in [-0.2, 0) is 6.42 Å². The molecule has 1 aromatic rings. The molecule has 0 aromatic heterocycles. The maximum atomic E-state index is 11.0. The Balaban J connectivity index is 3.67. The molecule has 0 saturated heterocycles. The van der Waals surface area contributed by atoms with Crippen LogP contribution in [0.15, 0.2) is 12.1 Å². The topological polar surface area (TPSA) is 129 Å². The van der Waals surface area contributed by atoms with Crippen LogP contribution < -0.4 is 5.73 Å². The molecule has 2 N–H and O–H groups in total. The number of nitrogens with two attached hydrogens (primary N) is 1. The second-order valence-electron chi connectivity index (χ2n) is 3.19. The normalized spacial score (nSPS) is 9.94. The lowest BCUT2D eigenvalue weighted by molar-refractivity contribution is -0.395. The zero-order valence-electron chi connectivity index (χ0n) is 8.87. The molecule has 1 rings (SSSR count). The summed E-state index contributed by atoms with van der Waals surface area (Å²) in [4.78, 5) is 31.0. The van der Waals surface area contributed by atoms with Crippen LogP contribution in [0.3, 0.4) is 0 Å². The fourth-order valence-electron chi connectivity index (χ4n) is 1.55. The molecule has 8 nitrogen and oxygen atoms in total. The van der Waals surface area contributed by atoms with Gasteiger partial charge in [-0.3, -0.25) is 25.0 Å². The van der Waals surface area contributed by atoms with Gasteiger partial charge in [-0.15, -0.1) is 0 Å². The lowest BCUT2D eigenvalue weighted by Gasteiger charge is -2.04. The highest BCUT2D eigenvalue weighted by atomic mass is 16.6. The number of amides is 1. The van der Waals surface area contributed by atoms with E-state index in [1.165, 1.54) is 6.92 Å². The number of rotatable bonds is 4. The Morgan fingerprint density at radius 2 is 1.88 bits per heavy atom. The molecule has 1 aromatic carbocycles. The maximum Gasteiger partial charge on any atom is 0.292 e. The molecule has 0 aliphatic heterocycles. The van der Waals surface area contributed by atoms with Crippen molar-refractivity contribution >= 4 is 17.3 Å². The van der Waals surface area contributed by atoms with E-state index in [0.717, 1.165) is 12.1 Å². The van der Waals surface area contributed by atoms with Crippen molar-refractivity contribution in [2.24, 2.45) is 5.73 Å². The number of benzene rings is 1. The number of carbonyl (C=O) groups is 1. The van der Waals surface area contributed by atoms with E-state index in [9.17, 15) is 25.0 Å². The summed E-state index contributed by atoms with van der Waals surface area (Å²) in [7, 11) is 0. The number of hydrogen-bond acceptors (Lipinski definition) is 5. The van der Waals surface area contributed by atoms with E-state index in [1.54, 1.807) is 0 Å². The number of nitro groups is 2. The Labute approximate surface area is 95.3 Å². The van der Waals surface area contributed by atoms with E-state index >= 15 is 0 Å². The van der Waals surface area contributed by atoms with Crippen LogP contribution in [0, 0.1) is 20.2 Å². The van der Waals surface area contributed by atoms with E-state index in [-0.39, 0.29) is 23.2 Å². The Morgan fingerprint density at radius 3 is 2.24 bits per heavy atom. The van der Waals surface area contributed by atoms with Crippen molar-refractivity contribution in [3.63, 3.8) is 0 Å². The Morgan fingerprint density at radius 1 is 1.29 bits per heavy atom. The summed E-state index contributed by atoms with van der Waals surface area (Å²) < 4.78 is 0. The second kappa shape index (κ2) is 4.56. The van der Waals surface area contributed by atoms with Crippen molar-refractivity contribution in [2.45, 2.75) is 13.3 Å². The van der Waals surface area contributed by atoms with Crippen molar-refractivity contribution < 1.29 is 14.6 Å². The Hall–Kier alpha value is -2.51. The van der Waals surface area contributed by atoms with Gasteiger partial charge in [0, 0.05) is 6.07 Å². The van der Waals surface area contributed by atoms with E-state index in [2.05, 4.69) is 0 Å². The minimum absolute atomic E-state index is 0.0632. The molecule has 1 amide bonds. The predicted molar refractivity (Wildman–Crippen MR) is 57.6 cm³/mol. The smallest absolute Gasteiger partial charge is 0.292 e. The SMILES string of the molecule is CCc1c([N+](=O)[O-])ccc(C(N)=O)c1[N+](=O)[O-]. The molecular weight excluding hydrogens is 230 g/mol. The fourth-order valence-corrected chi connectivity index (χ4v) is 1.55. The van der Waals surface area contributed by atoms with Crippen LogP contribution in [0.2, 0.25) is 0 Å². The van der Waals surface area contributed by atoms with Gasteiger partial charge < -0.3 is 5.73 Å². The minimum Gasteiger partial charge on any atom is -0.365 e. The van der Waals surface area contributed by atoms with Crippen LogP contribution >= 0.6 is 0 Å². The number of hydrogen-bond donors (Lipinski definition) is 1. The third-order valence-electron chi connectivity index (χ3n) is 2.26. The van der Waals surface area contributed by atoms with Crippen LogP contribution in [0.5, 0.6) is 0 Å². The zero-order chi connectivity index (χ0) is 13.2. The molecule has 0 heterocycles. The van der Waals surface area contributed by atoms with Gasteiger partial charge in [-0.25, -0.2) is 0 Å². The molecule has 0 saturated carbocycles. The Bertz CT molecular complexity index is 512. The van der Waals surface area contributed by atoms with Gasteiger partial charge in [-0.2, -0.15) is 0 Å². The van der Waals surface area contributed by atoms with Gasteiger partial charge in [0.2, 0.25) is 0 Å². The van der Waals surface area contributed by atoms with Gasteiger partial charge in [0.25, 0.3) is 17.3 Å². The minimum atomic E-state index is -0.985. The van der Waals surface area contributed by atoms with Crippen molar-refractivity contribution in [1.82, 2.24) is 0 Å². The van der Waals surface area contributed by atoms with Crippen LogP contribution in [0.25, 0.3) is 0 Å². The summed E-state index contributed by atoms with van der Waals surface area (Å²) >= 11 is 0. The van der Waals surface area contributed by atoms with Crippen molar-refractivity contribution in [3.8, 4) is 0 Å². The van der Waals surface area contributed by atoms with Crippen molar-refractivity contribution in [3.05, 3.63) is 43.5 Å². The summed E-state index contributed by atoms with van der Waals surface area (Å²) in [5.74, 6) is -0.985. The molecule has 0 radical (unpaired) electrons. The van der Waals surface area contributed by atoms with Gasteiger partial charge in [0.15, 0.2) is 0 Å². The van der Waals surface area contributed by atoms with E-state index in [4.69, 9.17) is 5.73 Å². The van der Waals surface area contributed by atoms with Crippen LogP contribution in [0.4, 0.5) is 11.4 Å². The molecule has 0 aliphatic rings. The van der Waals surface area contributed by atoms with E-state index in [1.807, 2.05) is 0 Å². The monoisotopic (exact) mass is 239 g/mol. The highest BCUT2D eigenvalue weighted by Crippen LogP contribution is 2.32. The molecule has 0 bridgehead atoms. The molecule has 0 fully saturated rings. The predicted octanol–water partition coefficient (Wildman–Crippen LogP) is 1.16. The third kappa shape index (κ3) is 2.19. The standard InChI is InChI=1S/C9H9N3O5/c1-2-5-7(11(14)15)4-3-6(9(10)13)8(5)12(16)17/h3-4H,2H2,1H3,(H2,10,13). The van der Waals surface area contributed by atoms with Gasteiger partial charge in [-0.05, 0) is 12.5 Å². The van der Waals surface area contributed by atoms with Gasteiger partial charge in [0.1, 0.15) is 11.1 Å². The van der Waals surface area contributed by atoms with Crippen LogP contribution in [0.1, 0.15) is 22.8 Å². The number of nitro benzene ring substituents is 2. The molecule has 90 valence electrons. The molecule has 0 aliphatic carbocycles. The largest absolute Gasteiger partial charge is 0.365 e. The van der Waals surface area contributed by atoms with Gasteiger partial charge in [-0.1, -0.05) is 6.92 Å². The fraction of sp³-hybridized carbons (Fsp3) is 0.222. The molecule has 0 atom stereocenters. The highest BCUT2D eigenvalue weighted by molar-refractivity contribution is 5.98. The maximum absolute atomic E-state index is 11.0. The first kappa shape index (κ1) is 12.6. The average Bonchev–Trinajstić information content (AvgIpc) is 2.26. The Kier molecular flexibility index (Phi) is 3.37. The van der Waals surface area contributed by atoms with Crippen molar-refractivity contribution in [1.29, 1.82) is 0 Å². The first-order valence-electron chi connectivity index (χ1n) is 4.64. The second-order valence-corrected chi connectivity index (χ2v) is 3.19. The quantitative estimate of drug-likeness (QED) is 0.622. The molecule has 8 heteroatoms. The molecular formula is C9H9N3O5. The molecule has 0 unspecified atom stereocenters. The zero-order valence-corrected chi connectivity index (χ0v) is 8.87. The summed E-state index contributed by atoms with van der Waals surface area (Å²) in [5.41, 5.74) is 3.59. The molecule has 17 heavy (non-hydrogen) atoms. The van der Waals surface area contributed by atoms with Gasteiger partial charge >= 0.3 is 0 Å². The first-order chi connectivity index (χ1) is 7.90. The summed E-state index contributed by atoms with van der Waals surface area (Å²) in [6, 6.07) is 2.05. The first-order valence-corrected chi connectivity index (χ1v) is 4.64. The van der Waals surface area contributed by atoms with E-state index in [0.29, 0.717) is 0 Å². The highest BCUT2D eigenvalue weighted by Gasteiger charge is 2.29. The van der Waals surface area contributed by atoms with E-state index < -0.39 is 21.4 Å². The van der Waals surface area contributed by atoms with Crippen molar-refractivity contribution in [2.75, 3.05) is 0 Å². The average molecular weight is 239 g/mol. The lowest BCUT2D eigenvalue weighted by atomic mass is 10.0. The van der Waals surface area contributed by atoms with Crippen LogP contribution in [-0.4, -0.2) is 15.8 Å².